The number of hydrogen-bond donors (Lipinski definition) is 4. The number of nitrogens with one attached hydrogen (secondary N) is 3. The zero-order chi connectivity index (χ0) is 14.7. The molecule has 5 heteroatoms. The number of benzene rings is 1. The first-order valence-corrected chi connectivity index (χ1v) is 8.02. The van der Waals surface area contributed by atoms with Crippen LogP contribution in [0.15, 0.2) is 29.6 Å². The molecule has 0 saturated heterocycles. The van der Waals surface area contributed by atoms with E-state index in [1.807, 2.05) is 23.6 Å². The molecule has 21 heavy (non-hydrogen) atoms. The van der Waals surface area contributed by atoms with E-state index in [0.29, 0.717) is 5.71 Å². The van der Waals surface area contributed by atoms with Crippen LogP contribution in [0.2, 0.25) is 0 Å². The van der Waals surface area contributed by atoms with E-state index < -0.39 is 0 Å². The van der Waals surface area contributed by atoms with Crippen molar-refractivity contribution < 1.29 is 5.11 Å². The van der Waals surface area contributed by atoms with Crippen LogP contribution in [0.5, 0.6) is 0 Å². The van der Waals surface area contributed by atoms with Crippen LogP contribution in [0, 0.1) is 5.41 Å². The summed E-state index contributed by atoms with van der Waals surface area (Å²) in [5, 5.41) is 26.2. The molecule has 0 spiro atoms. The van der Waals surface area contributed by atoms with Crippen molar-refractivity contribution in [2.45, 2.75) is 19.5 Å². The third-order valence-corrected chi connectivity index (χ3v) is 4.61. The molecule has 0 bridgehead atoms. The van der Waals surface area contributed by atoms with E-state index in [2.05, 4.69) is 16.7 Å². The van der Waals surface area contributed by atoms with Crippen LogP contribution in [0.25, 0.3) is 0 Å². The fourth-order valence-electron chi connectivity index (χ4n) is 2.61. The molecule has 0 unspecified atom stereocenters. The lowest BCUT2D eigenvalue weighted by molar-refractivity contribution is 0.286. The fraction of sp³-hybridized carbons (Fsp3) is 0.312. The molecule has 0 aliphatic carbocycles. The number of thiophene rings is 1. The van der Waals surface area contributed by atoms with Crippen LogP contribution in [0.3, 0.4) is 0 Å². The second-order valence-corrected chi connectivity index (χ2v) is 6.08. The van der Waals surface area contributed by atoms with Crippen LogP contribution in [-0.4, -0.2) is 24.0 Å². The molecule has 0 fully saturated rings. The summed E-state index contributed by atoms with van der Waals surface area (Å²) in [4.78, 5) is 1.22. The van der Waals surface area contributed by atoms with Crippen molar-refractivity contribution in [2.75, 3.05) is 18.5 Å². The van der Waals surface area contributed by atoms with Gasteiger partial charge in [-0.15, -0.1) is 11.3 Å². The average molecular weight is 301 g/mol. The minimum atomic E-state index is 0.211. The third-order valence-electron chi connectivity index (χ3n) is 3.69. The highest BCUT2D eigenvalue weighted by Gasteiger charge is 2.20. The molecule has 2 aromatic rings. The van der Waals surface area contributed by atoms with Gasteiger partial charge >= 0.3 is 0 Å². The van der Waals surface area contributed by atoms with Gasteiger partial charge in [-0.3, -0.25) is 5.41 Å². The molecule has 1 aliphatic heterocycles. The number of aliphatic hydroxyl groups is 1. The highest BCUT2D eigenvalue weighted by atomic mass is 32.1. The van der Waals surface area contributed by atoms with Crippen molar-refractivity contribution >= 4 is 22.7 Å². The monoisotopic (exact) mass is 301 g/mol. The quantitative estimate of drug-likeness (QED) is 0.642. The maximum Gasteiger partial charge on any atom is 0.0717 e. The molecule has 3 rings (SSSR count). The Balaban J connectivity index is 1.86. The first-order valence-electron chi connectivity index (χ1n) is 7.14. The molecule has 0 radical (unpaired) electrons. The van der Waals surface area contributed by atoms with Crippen molar-refractivity contribution in [3.8, 4) is 0 Å². The Morgan fingerprint density at radius 3 is 3.05 bits per heavy atom. The lowest BCUT2D eigenvalue weighted by Gasteiger charge is -2.14. The molecule has 0 saturated carbocycles. The molecule has 4 N–H and O–H groups in total. The van der Waals surface area contributed by atoms with Gasteiger partial charge in [0.15, 0.2) is 0 Å². The SMILES string of the molecule is N=C1c2ccsc2CNc2c(CNCCCO)cccc21. The Morgan fingerprint density at radius 1 is 1.29 bits per heavy atom. The molecule has 0 amide bonds. The predicted molar refractivity (Wildman–Crippen MR) is 87.4 cm³/mol. The maximum absolute atomic E-state index is 8.82. The Labute approximate surface area is 128 Å². The van der Waals surface area contributed by atoms with E-state index in [4.69, 9.17) is 10.5 Å². The molecule has 1 aliphatic rings. The van der Waals surface area contributed by atoms with Gasteiger partial charge in [0.25, 0.3) is 0 Å². The van der Waals surface area contributed by atoms with Gasteiger partial charge in [-0.1, -0.05) is 18.2 Å². The summed E-state index contributed by atoms with van der Waals surface area (Å²) in [6.45, 7) is 2.53. The maximum atomic E-state index is 8.82. The third kappa shape index (κ3) is 2.85. The van der Waals surface area contributed by atoms with E-state index in [0.717, 1.165) is 42.9 Å². The lowest BCUT2D eigenvalue weighted by Crippen LogP contribution is -2.17. The van der Waals surface area contributed by atoms with Gasteiger partial charge in [0, 0.05) is 34.8 Å². The van der Waals surface area contributed by atoms with Crippen molar-refractivity contribution in [2.24, 2.45) is 0 Å². The first-order chi connectivity index (χ1) is 10.3. The Bertz CT molecular complexity index is 651. The topological polar surface area (TPSA) is 68.1 Å². The molecule has 1 aromatic carbocycles. The number of rotatable bonds is 5. The average Bonchev–Trinajstić information content (AvgIpc) is 2.93. The summed E-state index contributed by atoms with van der Waals surface area (Å²) in [7, 11) is 0. The Hall–Kier alpha value is -1.69. The molecular formula is C16H19N3OS. The van der Waals surface area contributed by atoms with Crippen molar-refractivity contribution in [3.05, 3.63) is 51.2 Å². The minimum Gasteiger partial charge on any atom is -0.396 e. The number of para-hydroxylation sites is 1. The van der Waals surface area contributed by atoms with Crippen LogP contribution in [0.4, 0.5) is 5.69 Å². The van der Waals surface area contributed by atoms with Gasteiger partial charge in [0.05, 0.1) is 12.3 Å². The van der Waals surface area contributed by atoms with Gasteiger partial charge in [0.1, 0.15) is 0 Å². The van der Waals surface area contributed by atoms with E-state index in [1.165, 1.54) is 10.4 Å². The van der Waals surface area contributed by atoms with Gasteiger partial charge in [-0.25, -0.2) is 0 Å². The smallest absolute Gasteiger partial charge is 0.0717 e. The standard InChI is InChI=1S/C16H19N3OS/c17-15-12-5-8-21-14(12)10-19-16-11(3-1-4-13(15)16)9-18-6-2-7-20/h1,3-5,8,17-20H,2,6-7,9-10H2. The highest BCUT2D eigenvalue weighted by Crippen LogP contribution is 2.31. The number of anilines is 1. The highest BCUT2D eigenvalue weighted by molar-refractivity contribution is 7.10. The second-order valence-electron chi connectivity index (χ2n) is 5.08. The van der Waals surface area contributed by atoms with Crippen molar-refractivity contribution in [3.63, 3.8) is 0 Å². The normalized spacial score (nSPS) is 13.3. The molecular weight excluding hydrogens is 282 g/mol. The number of aliphatic hydroxyl groups excluding tert-OH is 1. The summed E-state index contributed by atoms with van der Waals surface area (Å²) < 4.78 is 0. The van der Waals surface area contributed by atoms with E-state index in [9.17, 15) is 0 Å². The van der Waals surface area contributed by atoms with Crippen LogP contribution in [0.1, 0.15) is 28.0 Å². The Kier molecular flexibility index (Phi) is 4.34. The molecule has 4 nitrogen and oxygen atoms in total. The summed E-state index contributed by atoms with van der Waals surface area (Å²) >= 11 is 1.70. The Morgan fingerprint density at radius 2 is 2.19 bits per heavy atom. The number of hydrogen-bond acceptors (Lipinski definition) is 5. The zero-order valence-corrected chi connectivity index (χ0v) is 12.6. The van der Waals surface area contributed by atoms with Crippen LogP contribution in [-0.2, 0) is 13.1 Å². The summed E-state index contributed by atoms with van der Waals surface area (Å²) in [5.41, 5.74) is 4.83. The second kappa shape index (κ2) is 6.39. The lowest BCUT2D eigenvalue weighted by atomic mass is 10.00. The van der Waals surface area contributed by atoms with Gasteiger partial charge in [-0.05, 0) is 30.0 Å². The predicted octanol–water partition coefficient (Wildman–Crippen LogP) is 2.56. The van der Waals surface area contributed by atoms with Crippen LogP contribution >= 0.6 is 11.3 Å². The number of fused-ring (bicyclic) bond motifs is 2. The summed E-state index contributed by atoms with van der Waals surface area (Å²) in [6, 6.07) is 8.14. The van der Waals surface area contributed by atoms with Crippen molar-refractivity contribution in [1.29, 1.82) is 5.41 Å². The largest absolute Gasteiger partial charge is 0.396 e. The summed E-state index contributed by atoms with van der Waals surface area (Å²) in [5.74, 6) is 0. The first kappa shape index (κ1) is 14.3. The minimum absolute atomic E-state index is 0.211. The van der Waals surface area contributed by atoms with E-state index >= 15 is 0 Å². The molecule has 2 heterocycles. The van der Waals surface area contributed by atoms with Gasteiger partial charge in [0.2, 0.25) is 0 Å². The van der Waals surface area contributed by atoms with E-state index in [-0.39, 0.29) is 6.61 Å². The van der Waals surface area contributed by atoms with Gasteiger partial charge < -0.3 is 15.7 Å². The van der Waals surface area contributed by atoms with Crippen molar-refractivity contribution in [1.82, 2.24) is 5.32 Å². The van der Waals surface area contributed by atoms with E-state index in [1.54, 1.807) is 11.3 Å². The van der Waals surface area contributed by atoms with Gasteiger partial charge in [-0.2, -0.15) is 0 Å². The molecule has 1 aromatic heterocycles. The molecule has 110 valence electrons. The molecule has 0 atom stereocenters. The fourth-order valence-corrected chi connectivity index (χ4v) is 3.43. The summed E-state index contributed by atoms with van der Waals surface area (Å²) in [6.07, 6.45) is 0.759. The van der Waals surface area contributed by atoms with Crippen LogP contribution < -0.4 is 10.6 Å². The zero-order valence-electron chi connectivity index (χ0n) is 11.8.